The summed E-state index contributed by atoms with van der Waals surface area (Å²) in [6.07, 6.45) is 0. The van der Waals surface area contributed by atoms with E-state index < -0.39 is 17.7 Å². The number of carbonyl (C=O) groups excluding carboxylic acids is 5. The van der Waals surface area contributed by atoms with Gasteiger partial charge in [-0.2, -0.15) is 0 Å². The van der Waals surface area contributed by atoms with Gasteiger partial charge in [0.2, 0.25) is 29.5 Å². The molecule has 0 aromatic rings. The molecule has 0 unspecified atom stereocenters. The lowest BCUT2D eigenvalue weighted by Crippen LogP contribution is -2.49. The Morgan fingerprint density at radius 2 is 1.18 bits per heavy atom. The molecule has 0 saturated carbocycles. The van der Waals surface area contributed by atoms with E-state index >= 15 is 0 Å². The Labute approximate surface area is 163 Å². The number of rotatable bonds is 13. The summed E-state index contributed by atoms with van der Waals surface area (Å²) in [5.41, 5.74) is 0. The number of hydrogen-bond donors (Lipinski definition) is 3. The van der Waals surface area contributed by atoms with E-state index in [1.165, 1.54) is 21.1 Å². The SMILES string of the molecule is CCNC(=O)CN(COC)C(=O)CNC(=O)CN(COC)C(=O)CNC(C)=O. The van der Waals surface area contributed by atoms with Crippen molar-refractivity contribution < 1.29 is 33.4 Å². The minimum absolute atomic E-state index is 0.114. The number of ether oxygens (including phenoxy) is 2. The number of likely N-dealkylation sites (N-methyl/N-ethyl adjacent to an activating group) is 1. The molecular weight excluding hydrogens is 374 g/mol. The Hall–Kier alpha value is -2.73. The summed E-state index contributed by atoms with van der Waals surface area (Å²) in [4.78, 5) is 61.0. The van der Waals surface area contributed by atoms with Crippen molar-refractivity contribution >= 4 is 29.5 Å². The van der Waals surface area contributed by atoms with Crippen molar-refractivity contribution in [2.24, 2.45) is 0 Å². The van der Waals surface area contributed by atoms with Crippen LogP contribution in [-0.2, 0) is 33.4 Å². The van der Waals surface area contributed by atoms with Crippen LogP contribution < -0.4 is 16.0 Å². The molecule has 0 aliphatic heterocycles. The van der Waals surface area contributed by atoms with Crippen molar-refractivity contribution in [1.29, 1.82) is 0 Å². The molecule has 160 valence electrons. The molecule has 12 heteroatoms. The van der Waals surface area contributed by atoms with Crippen LogP contribution in [0.3, 0.4) is 0 Å². The predicted molar refractivity (Wildman–Crippen MR) is 97.6 cm³/mol. The van der Waals surface area contributed by atoms with Gasteiger partial charge >= 0.3 is 0 Å². The van der Waals surface area contributed by atoms with Gasteiger partial charge in [-0.25, -0.2) is 0 Å². The molecule has 0 radical (unpaired) electrons. The average Bonchev–Trinajstić information content (AvgIpc) is 2.63. The van der Waals surface area contributed by atoms with E-state index in [9.17, 15) is 24.0 Å². The second kappa shape index (κ2) is 14.3. The first kappa shape index (κ1) is 25.3. The van der Waals surface area contributed by atoms with Crippen LogP contribution in [0.1, 0.15) is 13.8 Å². The van der Waals surface area contributed by atoms with Crippen LogP contribution in [0, 0.1) is 0 Å². The topological polar surface area (TPSA) is 146 Å². The van der Waals surface area contributed by atoms with E-state index in [1.807, 2.05) is 0 Å². The Bertz CT molecular complexity index is 556. The van der Waals surface area contributed by atoms with Gasteiger partial charge in [0.05, 0.1) is 13.1 Å². The third kappa shape index (κ3) is 11.1. The van der Waals surface area contributed by atoms with Gasteiger partial charge < -0.3 is 35.2 Å². The van der Waals surface area contributed by atoms with Crippen molar-refractivity contribution in [2.75, 3.05) is 60.4 Å². The lowest BCUT2D eigenvalue weighted by atomic mass is 10.4. The highest BCUT2D eigenvalue weighted by atomic mass is 16.5. The van der Waals surface area contributed by atoms with Crippen LogP contribution in [0.2, 0.25) is 0 Å². The molecule has 0 fully saturated rings. The average molecular weight is 403 g/mol. The van der Waals surface area contributed by atoms with Crippen molar-refractivity contribution in [3.05, 3.63) is 0 Å². The molecule has 12 nitrogen and oxygen atoms in total. The van der Waals surface area contributed by atoms with Gasteiger partial charge in [-0.05, 0) is 6.92 Å². The molecule has 0 aromatic carbocycles. The largest absolute Gasteiger partial charge is 0.364 e. The Balaban J connectivity index is 4.63. The summed E-state index contributed by atoms with van der Waals surface area (Å²) in [6.45, 7) is 1.94. The molecule has 0 rings (SSSR count). The Morgan fingerprint density at radius 3 is 1.57 bits per heavy atom. The molecule has 0 spiro atoms. The van der Waals surface area contributed by atoms with Gasteiger partial charge in [-0.15, -0.1) is 0 Å². The van der Waals surface area contributed by atoms with E-state index in [4.69, 9.17) is 9.47 Å². The first-order valence-electron chi connectivity index (χ1n) is 8.56. The summed E-state index contributed by atoms with van der Waals surface area (Å²) >= 11 is 0. The van der Waals surface area contributed by atoms with Crippen LogP contribution in [0.25, 0.3) is 0 Å². The van der Waals surface area contributed by atoms with E-state index in [-0.39, 0.29) is 51.5 Å². The van der Waals surface area contributed by atoms with Crippen LogP contribution >= 0.6 is 0 Å². The minimum atomic E-state index is -0.600. The first-order chi connectivity index (χ1) is 13.2. The molecule has 0 aliphatic carbocycles. The standard InChI is InChI=1S/C16H29N5O7/c1-5-17-13(23)8-20(10-27-3)16(26)7-19-14(24)9-21(11-28-4)15(25)6-18-12(2)22/h5-11H2,1-4H3,(H,17,23)(H,18,22)(H,19,24). The maximum Gasteiger partial charge on any atom is 0.244 e. The van der Waals surface area contributed by atoms with E-state index in [0.29, 0.717) is 6.54 Å². The third-order valence-electron chi connectivity index (χ3n) is 3.24. The normalized spacial score (nSPS) is 10.0. The Kier molecular flexibility index (Phi) is 12.9. The summed E-state index contributed by atoms with van der Waals surface area (Å²) < 4.78 is 9.77. The second-order valence-corrected chi connectivity index (χ2v) is 5.66. The fourth-order valence-electron chi connectivity index (χ4n) is 1.98. The predicted octanol–water partition coefficient (Wildman–Crippen LogP) is -2.76. The highest BCUT2D eigenvalue weighted by Gasteiger charge is 2.20. The van der Waals surface area contributed by atoms with Gasteiger partial charge in [-0.1, -0.05) is 0 Å². The van der Waals surface area contributed by atoms with Crippen LogP contribution in [-0.4, -0.2) is 99.7 Å². The molecule has 5 amide bonds. The Morgan fingerprint density at radius 1 is 0.750 bits per heavy atom. The number of nitrogens with one attached hydrogen (secondary N) is 3. The maximum absolute atomic E-state index is 12.2. The number of methoxy groups -OCH3 is 2. The lowest BCUT2D eigenvalue weighted by Gasteiger charge is -2.23. The van der Waals surface area contributed by atoms with Gasteiger partial charge in [0.25, 0.3) is 0 Å². The summed E-state index contributed by atoms with van der Waals surface area (Å²) in [7, 11) is 2.73. The minimum Gasteiger partial charge on any atom is -0.364 e. The number of amides is 5. The van der Waals surface area contributed by atoms with Crippen molar-refractivity contribution in [3.63, 3.8) is 0 Å². The molecule has 0 atom stereocenters. The highest BCUT2D eigenvalue weighted by Crippen LogP contribution is 1.93. The van der Waals surface area contributed by atoms with Gasteiger partial charge in [0.15, 0.2) is 0 Å². The zero-order valence-corrected chi connectivity index (χ0v) is 16.7. The van der Waals surface area contributed by atoms with E-state index in [0.717, 1.165) is 9.80 Å². The highest BCUT2D eigenvalue weighted by molar-refractivity contribution is 5.90. The maximum atomic E-state index is 12.2. The monoisotopic (exact) mass is 403 g/mol. The molecule has 28 heavy (non-hydrogen) atoms. The van der Waals surface area contributed by atoms with Crippen molar-refractivity contribution in [3.8, 4) is 0 Å². The fourth-order valence-corrected chi connectivity index (χ4v) is 1.98. The zero-order chi connectivity index (χ0) is 21.5. The molecular formula is C16H29N5O7. The number of carbonyl (C=O) groups is 5. The van der Waals surface area contributed by atoms with Crippen molar-refractivity contribution in [1.82, 2.24) is 25.8 Å². The smallest absolute Gasteiger partial charge is 0.244 e. The lowest BCUT2D eigenvalue weighted by molar-refractivity contribution is -0.142. The van der Waals surface area contributed by atoms with Crippen LogP contribution in [0.15, 0.2) is 0 Å². The van der Waals surface area contributed by atoms with Gasteiger partial charge in [0.1, 0.15) is 26.6 Å². The van der Waals surface area contributed by atoms with Gasteiger partial charge in [-0.3, -0.25) is 24.0 Å². The third-order valence-corrected chi connectivity index (χ3v) is 3.24. The summed E-state index contributed by atoms with van der Waals surface area (Å²) in [5, 5.41) is 7.28. The van der Waals surface area contributed by atoms with E-state index in [2.05, 4.69) is 16.0 Å². The van der Waals surface area contributed by atoms with Crippen molar-refractivity contribution in [2.45, 2.75) is 13.8 Å². The summed E-state index contributed by atoms with van der Waals surface area (Å²) in [5.74, 6) is -2.38. The van der Waals surface area contributed by atoms with E-state index in [1.54, 1.807) is 6.92 Å². The van der Waals surface area contributed by atoms with Crippen LogP contribution in [0.5, 0.6) is 0 Å². The zero-order valence-electron chi connectivity index (χ0n) is 16.7. The number of nitrogens with zero attached hydrogens (tertiary/aromatic N) is 2. The quantitative estimate of drug-likeness (QED) is 0.282. The molecule has 3 N–H and O–H groups in total. The van der Waals surface area contributed by atoms with Gasteiger partial charge in [0, 0.05) is 27.7 Å². The molecule has 0 aliphatic rings. The second-order valence-electron chi connectivity index (χ2n) is 5.66. The molecule has 0 heterocycles. The first-order valence-corrected chi connectivity index (χ1v) is 8.56. The fraction of sp³-hybridized carbons (Fsp3) is 0.688. The number of hydrogen-bond acceptors (Lipinski definition) is 7. The van der Waals surface area contributed by atoms with Crippen LogP contribution in [0.4, 0.5) is 0 Å². The molecule has 0 saturated heterocycles. The molecule has 0 bridgehead atoms. The molecule has 0 aromatic heterocycles. The summed E-state index contributed by atoms with van der Waals surface area (Å²) in [6, 6.07) is 0.